The number of piperidine rings is 1. The molecular formula is C20H21F3N6O. The average Bonchev–Trinajstić information content (AvgIpc) is 3.34. The lowest BCUT2D eigenvalue weighted by molar-refractivity contribution is -0.143. The highest BCUT2D eigenvalue weighted by Gasteiger charge is 2.42. The number of hydrogen-bond acceptors (Lipinski definition) is 4. The lowest BCUT2D eigenvalue weighted by Crippen LogP contribution is -2.40. The quantitative estimate of drug-likeness (QED) is 0.654. The molecule has 10 heteroatoms. The first-order chi connectivity index (χ1) is 14.3. The number of hydrogen-bond donors (Lipinski definition) is 0. The Morgan fingerprint density at radius 2 is 1.93 bits per heavy atom. The van der Waals surface area contributed by atoms with Gasteiger partial charge < -0.3 is 9.47 Å². The highest BCUT2D eigenvalue weighted by atomic mass is 19.4. The van der Waals surface area contributed by atoms with Gasteiger partial charge in [-0.2, -0.15) is 18.3 Å². The molecule has 158 valence electrons. The zero-order chi connectivity index (χ0) is 21.5. The van der Waals surface area contributed by atoms with E-state index in [1.165, 1.54) is 4.90 Å². The van der Waals surface area contributed by atoms with E-state index in [-0.39, 0.29) is 11.6 Å². The lowest BCUT2D eigenvalue weighted by Gasteiger charge is -2.32. The van der Waals surface area contributed by atoms with Crippen molar-refractivity contribution < 1.29 is 18.0 Å². The van der Waals surface area contributed by atoms with Gasteiger partial charge in [0.25, 0.3) is 5.91 Å². The molecule has 1 aliphatic heterocycles. The second-order valence-electron chi connectivity index (χ2n) is 7.54. The van der Waals surface area contributed by atoms with E-state index in [2.05, 4.69) is 15.3 Å². The highest BCUT2D eigenvalue weighted by Crippen LogP contribution is 2.35. The molecule has 1 saturated heterocycles. The molecule has 1 amide bonds. The topological polar surface area (TPSA) is 68.8 Å². The molecule has 1 aromatic carbocycles. The summed E-state index contributed by atoms with van der Waals surface area (Å²) in [5, 5.41) is 11.9. The number of likely N-dealkylation sites (tertiary alicyclic amines) is 1. The van der Waals surface area contributed by atoms with Crippen molar-refractivity contribution in [2.75, 3.05) is 13.1 Å². The first-order valence-corrected chi connectivity index (χ1v) is 9.61. The summed E-state index contributed by atoms with van der Waals surface area (Å²) in [6.07, 6.45) is -0.673. The van der Waals surface area contributed by atoms with Crippen LogP contribution in [0.1, 0.15) is 46.2 Å². The predicted octanol–water partition coefficient (Wildman–Crippen LogP) is 3.35. The van der Waals surface area contributed by atoms with Gasteiger partial charge in [0, 0.05) is 26.1 Å². The van der Waals surface area contributed by atoms with E-state index in [0.717, 1.165) is 28.7 Å². The summed E-state index contributed by atoms with van der Waals surface area (Å²) in [5.74, 6) is -0.0249. The summed E-state index contributed by atoms with van der Waals surface area (Å²) >= 11 is 0. The number of rotatable bonds is 3. The number of alkyl halides is 3. The van der Waals surface area contributed by atoms with E-state index >= 15 is 0 Å². The Labute approximate surface area is 171 Å². The number of aryl methyl sites for hydroxylation is 2. The van der Waals surface area contributed by atoms with E-state index in [1.54, 1.807) is 35.2 Å². The van der Waals surface area contributed by atoms with Crippen LogP contribution in [0.25, 0.3) is 5.69 Å². The lowest BCUT2D eigenvalue weighted by atomic mass is 9.96. The van der Waals surface area contributed by atoms with Gasteiger partial charge in [0.1, 0.15) is 12.2 Å². The fraction of sp³-hybridized carbons (Fsp3) is 0.400. The number of benzene rings is 1. The maximum Gasteiger partial charge on any atom is 0.434 e. The number of carbonyl (C=O) groups excluding carboxylic acids is 1. The third kappa shape index (κ3) is 3.69. The summed E-state index contributed by atoms with van der Waals surface area (Å²) < 4.78 is 44.4. The first kappa shape index (κ1) is 20.1. The molecule has 3 aromatic rings. The Bertz CT molecular complexity index is 1050. The highest BCUT2D eigenvalue weighted by molar-refractivity contribution is 5.95. The Hall–Kier alpha value is -3.17. The van der Waals surface area contributed by atoms with Gasteiger partial charge in [0.2, 0.25) is 0 Å². The van der Waals surface area contributed by atoms with Crippen molar-refractivity contribution in [3.05, 3.63) is 59.4 Å². The van der Waals surface area contributed by atoms with E-state index in [4.69, 9.17) is 0 Å². The number of nitrogens with zero attached hydrogens (tertiary/aromatic N) is 6. The molecular weight excluding hydrogens is 397 g/mol. The van der Waals surface area contributed by atoms with Crippen LogP contribution in [0.15, 0.2) is 36.8 Å². The SMILES string of the molecule is Cc1ccc(-n2ncc(C(=O)N3CCC[C@H](c4nncn4C)C3)c2C(F)(F)F)cc1. The van der Waals surface area contributed by atoms with Crippen LogP contribution in [-0.4, -0.2) is 48.4 Å². The minimum absolute atomic E-state index is 0.0725. The molecule has 2 aromatic heterocycles. The van der Waals surface area contributed by atoms with Crippen molar-refractivity contribution in [2.45, 2.75) is 31.9 Å². The van der Waals surface area contributed by atoms with Crippen LogP contribution in [0.4, 0.5) is 13.2 Å². The minimum Gasteiger partial charge on any atom is -0.338 e. The van der Waals surface area contributed by atoms with Crippen molar-refractivity contribution in [1.82, 2.24) is 29.4 Å². The fourth-order valence-electron chi connectivity index (χ4n) is 3.86. The van der Waals surface area contributed by atoms with E-state index in [1.807, 2.05) is 14.0 Å². The summed E-state index contributed by atoms with van der Waals surface area (Å²) in [5.41, 5.74) is -0.333. The Balaban J connectivity index is 1.67. The number of halogens is 3. The first-order valence-electron chi connectivity index (χ1n) is 9.61. The number of aromatic nitrogens is 5. The van der Waals surface area contributed by atoms with Crippen LogP contribution in [0.3, 0.4) is 0 Å². The second kappa shape index (κ2) is 7.58. The van der Waals surface area contributed by atoms with Crippen LogP contribution in [-0.2, 0) is 13.2 Å². The zero-order valence-electron chi connectivity index (χ0n) is 16.6. The van der Waals surface area contributed by atoms with Gasteiger partial charge in [-0.15, -0.1) is 10.2 Å². The summed E-state index contributed by atoms with van der Waals surface area (Å²) in [6.45, 7) is 2.52. The van der Waals surface area contributed by atoms with Crippen molar-refractivity contribution >= 4 is 5.91 Å². The molecule has 1 fully saturated rings. The Morgan fingerprint density at radius 3 is 2.57 bits per heavy atom. The average molecular weight is 418 g/mol. The van der Waals surface area contributed by atoms with E-state index in [0.29, 0.717) is 19.5 Å². The van der Waals surface area contributed by atoms with Crippen LogP contribution < -0.4 is 0 Å². The van der Waals surface area contributed by atoms with Crippen LogP contribution in [0.2, 0.25) is 0 Å². The minimum atomic E-state index is -4.73. The van der Waals surface area contributed by atoms with Crippen molar-refractivity contribution in [2.24, 2.45) is 7.05 Å². The molecule has 0 saturated carbocycles. The standard InChI is InChI=1S/C20H21F3N6O/c1-13-5-7-15(8-6-13)29-17(20(21,22)23)16(10-25-29)19(30)28-9-3-4-14(11-28)18-26-24-12-27(18)2/h5-8,10,12,14H,3-4,9,11H2,1-2H3/t14-/m0/s1. The number of amides is 1. The van der Waals surface area contributed by atoms with E-state index < -0.39 is 23.3 Å². The molecule has 4 rings (SSSR count). The monoisotopic (exact) mass is 418 g/mol. The maximum atomic E-state index is 13.9. The summed E-state index contributed by atoms with van der Waals surface area (Å²) in [7, 11) is 1.81. The number of carbonyl (C=O) groups is 1. The Morgan fingerprint density at radius 1 is 1.20 bits per heavy atom. The predicted molar refractivity (Wildman–Crippen MR) is 102 cm³/mol. The smallest absolute Gasteiger partial charge is 0.338 e. The molecule has 0 bridgehead atoms. The molecule has 0 aliphatic carbocycles. The third-order valence-corrected chi connectivity index (χ3v) is 5.37. The van der Waals surface area contributed by atoms with Gasteiger partial charge >= 0.3 is 6.18 Å². The summed E-state index contributed by atoms with van der Waals surface area (Å²) in [6, 6.07) is 6.51. The molecule has 1 atom stereocenters. The fourth-order valence-corrected chi connectivity index (χ4v) is 3.86. The van der Waals surface area contributed by atoms with Gasteiger partial charge in [-0.3, -0.25) is 4.79 Å². The molecule has 0 N–H and O–H groups in total. The molecule has 0 spiro atoms. The van der Waals surface area contributed by atoms with Crippen LogP contribution in [0.5, 0.6) is 0 Å². The van der Waals surface area contributed by atoms with Gasteiger partial charge in [-0.1, -0.05) is 17.7 Å². The summed E-state index contributed by atoms with van der Waals surface area (Å²) in [4.78, 5) is 14.5. The van der Waals surface area contributed by atoms with E-state index in [9.17, 15) is 18.0 Å². The van der Waals surface area contributed by atoms with Crippen LogP contribution >= 0.6 is 0 Å². The van der Waals surface area contributed by atoms with Gasteiger partial charge in [0.15, 0.2) is 5.69 Å². The van der Waals surface area contributed by atoms with Gasteiger partial charge in [0.05, 0.1) is 17.4 Å². The van der Waals surface area contributed by atoms with Gasteiger partial charge in [-0.25, -0.2) is 4.68 Å². The zero-order valence-corrected chi connectivity index (χ0v) is 16.6. The van der Waals surface area contributed by atoms with Gasteiger partial charge in [-0.05, 0) is 31.9 Å². The van der Waals surface area contributed by atoms with Crippen molar-refractivity contribution in [3.8, 4) is 5.69 Å². The van der Waals surface area contributed by atoms with Crippen molar-refractivity contribution in [1.29, 1.82) is 0 Å². The molecule has 0 radical (unpaired) electrons. The Kier molecular flexibility index (Phi) is 5.08. The second-order valence-corrected chi connectivity index (χ2v) is 7.54. The molecule has 3 heterocycles. The molecule has 30 heavy (non-hydrogen) atoms. The normalized spacial score (nSPS) is 17.4. The molecule has 0 unspecified atom stereocenters. The molecule has 7 nitrogen and oxygen atoms in total. The van der Waals surface area contributed by atoms with Crippen molar-refractivity contribution in [3.63, 3.8) is 0 Å². The maximum absolute atomic E-state index is 13.9. The molecule has 1 aliphatic rings. The van der Waals surface area contributed by atoms with Crippen LogP contribution in [0, 0.1) is 6.92 Å². The largest absolute Gasteiger partial charge is 0.434 e. The third-order valence-electron chi connectivity index (χ3n) is 5.37.